The fourth-order valence-corrected chi connectivity index (χ4v) is 4.50. The molecule has 0 unspecified atom stereocenters. The third-order valence-electron chi connectivity index (χ3n) is 6.18. The monoisotopic (exact) mass is 331 g/mol. The van der Waals surface area contributed by atoms with Gasteiger partial charge in [-0.3, -0.25) is 9.69 Å². The van der Waals surface area contributed by atoms with Crippen LogP contribution in [-0.4, -0.2) is 52.8 Å². The van der Waals surface area contributed by atoms with Crippen molar-refractivity contribution in [3.05, 3.63) is 24.0 Å². The molecule has 3 fully saturated rings. The zero-order valence-electron chi connectivity index (χ0n) is 14.7. The van der Waals surface area contributed by atoms with Crippen LogP contribution in [-0.2, 0) is 11.8 Å². The van der Waals surface area contributed by atoms with E-state index >= 15 is 0 Å². The van der Waals surface area contributed by atoms with E-state index in [1.165, 1.54) is 38.6 Å². The Morgan fingerprint density at radius 3 is 2.92 bits per heavy atom. The number of ether oxygens (including phenoxy) is 1. The van der Waals surface area contributed by atoms with E-state index in [1.54, 1.807) is 0 Å². The average molecular weight is 331 g/mol. The predicted octanol–water partition coefficient (Wildman–Crippen LogP) is 2.32. The number of likely N-dealkylation sites (tertiary alicyclic amines) is 1. The van der Waals surface area contributed by atoms with Crippen LogP contribution in [0, 0.1) is 0 Å². The van der Waals surface area contributed by atoms with Crippen molar-refractivity contribution >= 4 is 5.91 Å². The molecule has 0 aromatic carbocycles. The van der Waals surface area contributed by atoms with Gasteiger partial charge in [-0.05, 0) is 50.7 Å². The van der Waals surface area contributed by atoms with Crippen molar-refractivity contribution in [3.8, 4) is 0 Å². The lowest BCUT2D eigenvalue weighted by Crippen LogP contribution is -2.48. The van der Waals surface area contributed by atoms with E-state index in [9.17, 15) is 4.79 Å². The van der Waals surface area contributed by atoms with Crippen molar-refractivity contribution < 1.29 is 9.53 Å². The number of nitrogens with zero attached hydrogens (tertiary/aromatic N) is 2. The first-order valence-electron chi connectivity index (χ1n) is 9.47. The number of carbonyl (C=O) groups is 1. The minimum Gasteiger partial charge on any atom is -0.369 e. The Balaban J connectivity index is 1.30. The van der Waals surface area contributed by atoms with Crippen molar-refractivity contribution in [2.75, 3.05) is 19.6 Å². The summed E-state index contributed by atoms with van der Waals surface area (Å²) in [4.78, 5) is 14.9. The molecule has 24 heavy (non-hydrogen) atoms. The Hall–Kier alpha value is -1.33. The number of hydrogen-bond acceptors (Lipinski definition) is 3. The summed E-state index contributed by atoms with van der Waals surface area (Å²) in [6.45, 7) is 2.90. The van der Waals surface area contributed by atoms with Gasteiger partial charge in [0.2, 0.25) is 0 Å². The molecule has 1 aliphatic carbocycles. The van der Waals surface area contributed by atoms with Crippen molar-refractivity contribution in [3.63, 3.8) is 0 Å². The van der Waals surface area contributed by atoms with Gasteiger partial charge in [-0.25, -0.2) is 0 Å². The SMILES string of the molecule is Cn1cccc1C(=O)NC[C@@H]1CCC[C@]2(CCN(C3CCC3)C2)O1. The summed E-state index contributed by atoms with van der Waals surface area (Å²) in [5.74, 6) is -0.00626. The highest BCUT2D eigenvalue weighted by Crippen LogP contribution is 2.39. The molecule has 1 N–H and O–H groups in total. The summed E-state index contributed by atoms with van der Waals surface area (Å²) < 4.78 is 8.37. The highest BCUT2D eigenvalue weighted by molar-refractivity contribution is 5.92. The fraction of sp³-hybridized carbons (Fsp3) is 0.737. The highest BCUT2D eigenvalue weighted by Gasteiger charge is 2.45. The molecule has 4 rings (SSSR count). The number of nitrogens with one attached hydrogen (secondary N) is 1. The Labute approximate surface area is 144 Å². The standard InChI is InChI=1S/C19H29N3O2/c1-21-11-4-8-17(21)18(23)20-13-16-7-3-9-19(24-16)10-12-22(14-19)15-5-2-6-15/h4,8,11,15-16H,2-3,5-7,9-10,12-14H2,1H3,(H,20,23)/t16-,19+/m0/s1. The van der Waals surface area contributed by atoms with Gasteiger partial charge in [-0.15, -0.1) is 0 Å². The summed E-state index contributed by atoms with van der Waals surface area (Å²) in [6, 6.07) is 4.56. The van der Waals surface area contributed by atoms with Gasteiger partial charge in [0, 0.05) is 38.9 Å². The number of carbonyl (C=O) groups excluding carboxylic acids is 1. The summed E-state index contributed by atoms with van der Waals surface area (Å²) in [6.07, 6.45) is 10.8. The highest BCUT2D eigenvalue weighted by atomic mass is 16.5. The van der Waals surface area contributed by atoms with Gasteiger partial charge >= 0.3 is 0 Å². The number of aromatic nitrogens is 1. The Kier molecular flexibility index (Phi) is 4.39. The quantitative estimate of drug-likeness (QED) is 0.921. The largest absolute Gasteiger partial charge is 0.369 e. The molecule has 5 heteroatoms. The minimum atomic E-state index is -0.00626. The van der Waals surface area contributed by atoms with Crippen LogP contribution in [0.5, 0.6) is 0 Å². The van der Waals surface area contributed by atoms with Crippen LogP contribution < -0.4 is 5.32 Å². The molecule has 0 bridgehead atoms. The summed E-state index contributed by atoms with van der Waals surface area (Å²) in [5, 5.41) is 3.06. The van der Waals surface area contributed by atoms with Crippen LogP contribution >= 0.6 is 0 Å². The second-order valence-corrected chi connectivity index (χ2v) is 7.83. The van der Waals surface area contributed by atoms with Crippen LogP contribution in [0.2, 0.25) is 0 Å². The molecular formula is C19H29N3O2. The van der Waals surface area contributed by atoms with Gasteiger partial charge in [-0.2, -0.15) is 0 Å². The van der Waals surface area contributed by atoms with E-state index in [0.717, 1.165) is 25.4 Å². The molecule has 2 aliphatic heterocycles. The molecule has 1 saturated carbocycles. The zero-order valence-corrected chi connectivity index (χ0v) is 14.7. The molecule has 3 heterocycles. The maximum absolute atomic E-state index is 12.3. The number of rotatable bonds is 4. The van der Waals surface area contributed by atoms with Crippen LogP contribution in [0.1, 0.15) is 55.4 Å². The van der Waals surface area contributed by atoms with Gasteiger partial charge in [0.15, 0.2) is 0 Å². The first kappa shape index (κ1) is 16.2. The lowest BCUT2D eigenvalue weighted by Gasteiger charge is -2.41. The molecular weight excluding hydrogens is 302 g/mol. The van der Waals surface area contributed by atoms with Crippen LogP contribution in [0.15, 0.2) is 18.3 Å². The first-order valence-corrected chi connectivity index (χ1v) is 9.47. The third kappa shape index (κ3) is 3.11. The van der Waals surface area contributed by atoms with Crippen molar-refractivity contribution in [1.82, 2.24) is 14.8 Å². The molecule has 1 spiro atoms. The molecule has 0 radical (unpaired) electrons. The predicted molar refractivity (Wildman–Crippen MR) is 93.0 cm³/mol. The Morgan fingerprint density at radius 1 is 1.33 bits per heavy atom. The maximum atomic E-state index is 12.3. The topological polar surface area (TPSA) is 46.5 Å². The van der Waals surface area contributed by atoms with Gasteiger partial charge < -0.3 is 14.6 Å². The zero-order chi connectivity index (χ0) is 16.6. The molecule has 1 aromatic rings. The van der Waals surface area contributed by atoms with E-state index in [2.05, 4.69) is 10.2 Å². The first-order chi connectivity index (χ1) is 11.7. The second kappa shape index (κ2) is 6.52. The Morgan fingerprint density at radius 2 is 2.21 bits per heavy atom. The molecule has 5 nitrogen and oxygen atoms in total. The molecule has 1 aromatic heterocycles. The van der Waals surface area contributed by atoms with Crippen LogP contribution in [0.25, 0.3) is 0 Å². The normalized spacial score (nSPS) is 31.3. The summed E-state index contributed by atoms with van der Waals surface area (Å²) >= 11 is 0. The van der Waals surface area contributed by atoms with Crippen molar-refractivity contribution in [1.29, 1.82) is 0 Å². The smallest absolute Gasteiger partial charge is 0.267 e. The summed E-state index contributed by atoms with van der Waals surface area (Å²) in [7, 11) is 1.90. The van der Waals surface area contributed by atoms with Crippen LogP contribution in [0.3, 0.4) is 0 Å². The molecule has 2 saturated heterocycles. The van der Waals surface area contributed by atoms with Crippen molar-refractivity contribution in [2.24, 2.45) is 7.05 Å². The average Bonchev–Trinajstić information content (AvgIpc) is 3.11. The van der Waals surface area contributed by atoms with Gasteiger partial charge in [0.25, 0.3) is 5.91 Å². The Bertz CT molecular complexity index is 595. The molecule has 132 valence electrons. The van der Waals surface area contributed by atoms with E-state index in [4.69, 9.17) is 4.74 Å². The maximum Gasteiger partial charge on any atom is 0.267 e. The van der Waals surface area contributed by atoms with Gasteiger partial charge in [0.05, 0.1) is 11.7 Å². The third-order valence-corrected chi connectivity index (χ3v) is 6.18. The van der Waals surface area contributed by atoms with E-state index in [1.807, 2.05) is 29.9 Å². The number of hydrogen-bond donors (Lipinski definition) is 1. The lowest BCUT2D eigenvalue weighted by atomic mass is 9.89. The number of amides is 1. The number of aryl methyl sites for hydroxylation is 1. The van der Waals surface area contributed by atoms with Gasteiger partial charge in [0.1, 0.15) is 5.69 Å². The van der Waals surface area contributed by atoms with Crippen molar-refractivity contribution in [2.45, 2.75) is 62.7 Å². The second-order valence-electron chi connectivity index (χ2n) is 7.83. The lowest BCUT2D eigenvalue weighted by molar-refractivity contribution is -0.120. The molecule has 1 amide bonds. The molecule has 3 aliphatic rings. The van der Waals surface area contributed by atoms with Crippen LogP contribution in [0.4, 0.5) is 0 Å². The van der Waals surface area contributed by atoms with Gasteiger partial charge in [-0.1, -0.05) is 6.42 Å². The minimum absolute atomic E-state index is 0.00626. The van der Waals surface area contributed by atoms with E-state index in [0.29, 0.717) is 12.2 Å². The molecule has 2 atom stereocenters. The van der Waals surface area contributed by atoms with E-state index < -0.39 is 0 Å². The van der Waals surface area contributed by atoms with E-state index in [-0.39, 0.29) is 17.6 Å². The summed E-state index contributed by atoms with van der Waals surface area (Å²) in [5.41, 5.74) is 0.756. The fourth-order valence-electron chi connectivity index (χ4n) is 4.50.